The fourth-order valence-electron chi connectivity index (χ4n) is 2.19. The molecule has 0 aliphatic heterocycles. The second-order valence-corrected chi connectivity index (χ2v) is 6.37. The molecule has 0 amide bonds. The molecular formula is C16H11BrCl2N2. The van der Waals surface area contributed by atoms with E-state index in [0.29, 0.717) is 10.0 Å². The van der Waals surface area contributed by atoms with Gasteiger partial charge in [-0.25, -0.2) is 4.98 Å². The lowest BCUT2D eigenvalue weighted by atomic mass is 10.0. The number of nitrogens with zero attached hydrogens (tertiary/aromatic N) is 1. The Morgan fingerprint density at radius 1 is 1.00 bits per heavy atom. The summed E-state index contributed by atoms with van der Waals surface area (Å²) in [5.74, 6) is 0. The molecule has 3 rings (SSSR count). The number of nitrogens with two attached hydrogens (primary N) is 1. The smallest absolute Gasteiger partial charge is 0.0765 e. The van der Waals surface area contributed by atoms with Gasteiger partial charge in [0.1, 0.15) is 0 Å². The first-order valence-corrected chi connectivity index (χ1v) is 7.87. The molecule has 5 heteroatoms. The van der Waals surface area contributed by atoms with Gasteiger partial charge in [0.15, 0.2) is 0 Å². The van der Waals surface area contributed by atoms with Crippen LogP contribution in [-0.2, 0) is 0 Å². The largest absolute Gasteiger partial charge is 0.319 e. The molecule has 0 fully saturated rings. The van der Waals surface area contributed by atoms with Crippen LogP contribution in [0.15, 0.2) is 53.0 Å². The van der Waals surface area contributed by atoms with Crippen molar-refractivity contribution < 1.29 is 0 Å². The van der Waals surface area contributed by atoms with Gasteiger partial charge in [0.25, 0.3) is 0 Å². The number of hydrogen-bond donors (Lipinski definition) is 1. The summed E-state index contributed by atoms with van der Waals surface area (Å²) in [6.07, 6.45) is 0. The number of para-hydroxylation sites is 1. The Morgan fingerprint density at radius 3 is 2.52 bits per heavy atom. The van der Waals surface area contributed by atoms with Crippen LogP contribution in [0.25, 0.3) is 10.9 Å². The van der Waals surface area contributed by atoms with E-state index in [0.717, 1.165) is 26.6 Å². The normalized spacial score (nSPS) is 12.6. The van der Waals surface area contributed by atoms with E-state index in [1.807, 2.05) is 36.4 Å². The minimum Gasteiger partial charge on any atom is -0.319 e. The molecule has 0 saturated heterocycles. The van der Waals surface area contributed by atoms with Gasteiger partial charge in [0, 0.05) is 9.86 Å². The zero-order chi connectivity index (χ0) is 15.0. The van der Waals surface area contributed by atoms with Crippen molar-refractivity contribution in [1.29, 1.82) is 0 Å². The summed E-state index contributed by atoms with van der Waals surface area (Å²) < 4.78 is 0.875. The predicted octanol–water partition coefficient (Wildman–Crippen LogP) is 5.35. The molecule has 0 aliphatic rings. The number of hydrogen-bond acceptors (Lipinski definition) is 2. The van der Waals surface area contributed by atoms with Crippen LogP contribution in [0, 0.1) is 0 Å². The van der Waals surface area contributed by atoms with Crippen LogP contribution in [0.1, 0.15) is 17.3 Å². The highest BCUT2D eigenvalue weighted by atomic mass is 79.9. The van der Waals surface area contributed by atoms with Crippen molar-refractivity contribution in [1.82, 2.24) is 4.98 Å². The highest BCUT2D eigenvalue weighted by molar-refractivity contribution is 9.10. The van der Waals surface area contributed by atoms with Crippen LogP contribution in [0.3, 0.4) is 0 Å². The lowest BCUT2D eigenvalue weighted by Crippen LogP contribution is -2.14. The maximum atomic E-state index is 6.33. The minimum atomic E-state index is -0.376. The minimum absolute atomic E-state index is 0.376. The number of benzene rings is 2. The maximum absolute atomic E-state index is 6.33. The van der Waals surface area contributed by atoms with Gasteiger partial charge in [-0.2, -0.15) is 0 Å². The molecule has 2 aromatic carbocycles. The van der Waals surface area contributed by atoms with Gasteiger partial charge in [-0.3, -0.25) is 0 Å². The summed E-state index contributed by atoms with van der Waals surface area (Å²) in [5, 5.41) is 2.06. The van der Waals surface area contributed by atoms with E-state index in [1.54, 1.807) is 12.1 Å². The summed E-state index contributed by atoms with van der Waals surface area (Å²) >= 11 is 15.6. The maximum Gasteiger partial charge on any atom is 0.0765 e. The molecule has 0 spiro atoms. The highest BCUT2D eigenvalue weighted by Gasteiger charge is 2.16. The van der Waals surface area contributed by atoms with Gasteiger partial charge in [-0.15, -0.1) is 0 Å². The monoisotopic (exact) mass is 380 g/mol. The summed E-state index contributed by atoms with van der Waals surface area (Å²) in [4.78, 5) is 4.66. The van der Waals surface area contributed by atoms with Gasteiger partial charge in [0.2, 0.25) is 0 Å². The van der Waals surface area contributed by atoms with Crippen LogP contribution in [0.2, 0.25) is 10.0 Å². The molecule has 1 aromatic heterocycles. The van der Waals surface area contributed by atoms with Crippen molar-refractivity contribution in [2.75, 3.05) is 0 Å². The second kappa shape index (κ2) is 5.93. The van der Waals surface area contributed by atoms with Crippen molar-refractivity contribution >= 4 is 50.0 Å². The quantitative estimate of drug-likeness (QED) is 0.649. The van der Waals surface area contributed by atoms with Crippen LogP contribution in [-0.4, -0.2) is 4.98 Å². The SMILES string of the molecule is NC(c1ccc(Cl)c(Cl)c1)c1nc2ccccc2cc1Br. The van der Waals surface area contributed by atoms with Crippen molar-refractivity contribution in [3.05, 3.63) is 74.3 Å². The van der Waals surface area contributed by atoms with Crippen LogP contribution in [0.5, 0.6) is 0 Å². The topological polar surface area (TPSA) is 38.9 Å². The zero-order valence-corrected chi connectivity index (χ0v) is 14.0. The van der Waals surface area contributed by atoms with Crippen LogP contribution < -0.4 is 5.73 Å². The molecule has 0 bridgehead atoms. The summed E-state index contributed by atoms with van der Waals surface area (Å²) in [6, 6.07) is 14.9. The lowest BCUT2D eigenvalue weighted by Gasteiger charge is -2.15. The third-order valence-electron chi connectivity index (χ3n) is 3.30. The first kappa shape index (κ1) is 14.8. The Bertz CT molecular complexity index is 820. The molecule has 1 unspecified atom stereocenters. The van der Waals surface area contributed by atoms with E-state index >= 15 is 0 Å². The Morgan fingerprint density at radius 2 is 1.76 bits per heavy atom. The van der Waals surface area contributed by atoms with Crippen LogP contribution >= 0.6 is 39.1 Å². The molecular weight excluding hydrogens is 371 g/mol. The summed E-state index contributed by atoms with van der Waals surface area (Å²) in [7, 11) is 0. The molecule has 21 heavy (non-hydrogen) atoms. The fourth-order valence-corrected chi connectivity index (χ4v) is 3.08. The van der Waals surface area contributed by atoms with E-state index in [-0.39, 0.29) is 6.04 Å². The summed E-state index contributed by atoms with van der Waals surface area (Å²) in [6.45, 7) is 0. The summed E-state index contributed by atoms with van der Waals surface area (Å²) in [5.41, 5.74) is 8.88. The number of fused-ring (bicyclic) bond motifs is 1. The standard InChI is InChI=1S/C16H11BrCl2N2/c17-11-7-9-3-1-2-4-14(9)21-16(11)15(20)10-5-6-12(18)13(19)8-10/h1-8,15H,20H2. The molecule has 0 radical (unpaired) electrons. The van der Waals surface area contributed by atoms with Crippen molar-refractivity contribution in [3.63, 3.8) is 0 Å². The Balaban J connectivity index is 2.10. The fraction of sp³-hybridized carbons (Fsp3) is 0.0625. The number of rotatable bonds is 2. The molecule has 1 heterocycles. The van der Waals surface area contributed by atoms with E-state index in [1.165, 1.54) is 0 Å². The Labute approximate surface area is 141 Å². The van der Waals surface area contributed by atoms with Gasteiger partial charge in [-0.05, 0) is 45.8 Å². The van der Waals surface area contributed by atoms with E-state index in [4.69, 9.17) is 28.9 Å². The number of aromatic nitrogens is 1. The van der Waals surface area contributed by atoms with Crippen LogP contribution in [0.4, 0.5) is 0 Å². The number of pyridine rings is 1. The third kappa shape index (κ3) is 2.92. The highest BCUT2D eigenvalue weighted by Crippen LogP contribution is 2.31. The van der Waals surface area contributed by atoms with Gasteiger partial charge >= 0.3 is 0 Å². The van der Waals surface area contributed by atoms with Crippen molar-refractivity contribution in [2.24, 2.45) is 5.73 Å². The first-order valence-electron chi connectivity index (χ1n) is 6.32. The Hall–Kier alpha value is -1.13. The molecule has 2 N–H and O–H groups in total. The predicted molar refractivity (Wildman–Crippen MR) is 91.9 cm³/mol. The third-order valence-corrected chi connectivity index (χ3v) is 4.68. The van der Waals surface area contributed by atoms with Crippen molar-refractivity contribution in [3.8, 4) is 0 Å². The van der Waals surface area contributed by atoms with Gasteiger partial charge < -0.3 is 5.73 Å². The molecule has 0 aliphatic carbocycles. The van der Waals surface area contributed by atoms with E-state index < -0.39 is 0 Å². The van der Waals surface area contributed by atoms with E-state index in [2.05, 4.69) is 20.9 Å². The number of halogens is 3. The second-order valence-electron chi connectivity index (χ2n) is 4.70. The average Bonchev–Trinajstić information content (AvgIpc) is 2.48. The molecule has 106 valence electrons. The van der Waals surface area contributed by atoms with Gasteiger partial charge in [-0.1, -0.05) is 47.5 Å². The van der Waals surface area contributed by atoms with Gasteiger partial charge in [0.05, 0.1) is 27.3 Å². The average molecular weight is 382 g/mol. The molecule has 0 saturated carbocycles. The van der Waals surface area contributed by atoms with E-state index in [9.17, 15) is 0 Å². The zero-order valence-electron chi connectivity index (χ0n) is 10.9. The lowest BCUT2D eigenvalue weighted by molar-refractivity contribution is 0.830. The Kier molecular flexibility index (Phi) is 4.18. The molecule has 2 nitrogen and oxygen atoms in total. The van der Waals surface area contributed by atoms with Crippen molar-refractivity contribution in [2.45, 2.75) is 6.04 Å². The molecule has 3 aromatic rings. The molecule has 1 atom stereocenters. The first-order chi connectivity index (χ1) is 10.1.